The number of nitrogens with one attached hydrogen (secondary N) is 1. The summed E-state index contributed by atoms with van der Waals surface area (Å²) in [6.07, 6.45) is 1.52. The maximum absolute atomic E-state index is 11.6. The number of rotatable bonds is 5. The lowest BCUT2D eigenvalue weighted by atomic mass is 10.2. The molecule has 0 aliphatic carbocycles. The van der Waals surface area contributed by atoms with Gasteiger partial charge in [0, 0.05) is 4.90 Å². The van der Waals surface area contributed by atoms with Gasteiger partial charge in [0.15, 0.2) is 0 Å². The third-order valence-electron chi connectivity index (χ3n) is 2.46. The number of hydrogen-bond donors (Lipinski definition) is 1. The van der Waals surface area contributed by atoms with E-state index >= 15 is 0 Å². The lowest BCUT2D eigenvalue weighted by Gasteiger charge is -2.01. The zero-order chi connectivity index (χ0) is 15.1. The number of amides is 1. The Morgan fingerprint density at radius 2 is 1.90 bits per heavy atom. The molecule has 0 heterocycles. The maximum atomic E-state index is 11.6. The van der Waals surface area contributed by atoms with Crippen LogP contribution in [0.15, 0.2) is 58.5 Å². The van der Waals surface area contributed by atoms with E-state index in [9.17, 15) is 4.79 Å². The molecule has 0 aromatic heterocycles. The van der Waals surface area contributed by atoms with Gasteiger partial charge < -0.3 is 0 Å². The minimum absolute atomic E-state index is 0.167. The van der Waals surface area contributed by atoms with E-state index in [0.29, 0.717) is 15.8 Å². The van der Waals surface area contributed by atoms with Crippen molar-refractivity contribution in [1.29, 1.82) is 0 Å². The number of carbonyl (C=O) groups is 1. The molecule has 2 aromatic carbocycles. The van der Waals surface area contributed by atoms with Crippen molar-refractivity contribution < 1.29 is 4.79 Å². The fourth-order valence-electron chi connectivity index (χ4n) is 1.47. The fourth-order valence-corrected chi connectivity index (χ4v) is 2.49. The number of benzene rings is 2. The summed E-state index contributed by atoms with van der Waals surface area (Å²) in [6.45, 7) is 0. The van der Waals surface area contributed by atoms with Crippen molar-refractivity contribution in [3.8, 4) is 0 Å². The first-order chi connectivity index (χ1) is 10.1. The minimum atomic E-state index is -0.167. The number of halogens is 2. The SMILES string of the molecule is O=C(CSc1ccccc1)N/N=C/c1ccc(Cl)c(Cl)c1. The van der Waals surface area contributed by atoms with E-state index in [1.807, 2.05) is 30.3 Å². The van der Waals surface area contributed by atoms with Crippen molar-refractivity contribution in [3.63, 3.8) is 0 Å². The Hall–Kier alpha value is -1.49. The number of hydrogen-bond acceptors (Lipinski definition) is 3. The second kappa shape index (κ2) is 8.08. The third kappa shape index (κ3) is 5.42. The van der Waals surface area contributed by atoms with Gasteiger partial charge in [0.1, 0.15) is 0 Å². The lowest BCUT2D eigenvalue weighted by Crippen LogP contribution is -2.19. The lowest BCUT2D eigenvalue weighted by molar-refractivity contribution is -0.118. The van der Waals surface area contributed by atoms with Gasteiger partial charge in [-0.25, -0.2) is 5.43 Å². The van der Waals surface area contributed by atoms with Crippen molar-refractivity contribution in [2.45, 2.75) is 4.90 Å². The Kier molecular flexibility index (Phi) is 6.11. The monoisotopic (exact) mass is 338 g/mol. The quantitative estimate of drug-likeness (QED) is 0.503. The standard InChI is InChI=1S/C15H12Cl2N2OS/c16-13-7-6-11(8-14(13)17)9-18-19-15(20)10-21-12-4-2-1-3-5-12/h1-9H,10H2,(H,19,20)/b18-9+. The Bertz CT molecular complexity index is 647. The average molecular weight is 339 g/mol. The highest BCUT2D eigenvalue weighted by Gasteiger charge is 2.01. The van der Waals surface area contributed by atoms with Crippen molar-refractivity contribution >= 4 is 47.1 Å². The molecule has 3 nitrogen and oxygen atoms in total. The molecule has 108 valence electrons. The minimum Gasteiger partial charge on any atom is -0.272 e. The van der Waals surface area contributed by atoms with Crippen LogP contribution < -0.4 is 5.43 Å². The maximum Gasteiger partial charge on any atom is 0.250 e. The first-order valence-electron chi connectivity index (χ1n) is 6.10. The molecular formula is C15H12Cl2N2OS. The molecule has 0 aliphatic rings. The molecule has 2 aromatic rings. The Morgan fingerprint density at radius 1 is 1.14 bits per heavy atom. The van der Waals surface area contributed by atoms with Crippen LogP contribution in [0.5, 0.6) is 0 Å². The highest BCUT2D eigenvalue weighted by Crippen LogP contribution is 2.21. The van der Waals surface area contributed by atoms with Crippen LogP contribution >= 0.6 is 35.0 Å². The number of carbonyl (C=O) groups excluding carboxylic acids is 1. The van der Waals surface area contributed by atoms with Crippen LogP contribution in [-0.4, -0.2) is 17.9 Å². The smallest absolute Gasteiger partial charge is 0.250 e. The first-order valence-corrected chi connectivity index (χ1v) is 7.84. The van der Waals surface area contributed by atoms with E-state index in [1.54, 1.807) is 18.2 Å². The summed E-state index contributed by atoms with van der Waals surface area (Å²) in [5, 5.41) is 4.82. The van der Waals surface area contributed by atoms with Crippen LogP contribution in [0.1, 0.15) is 5.56 Å². The molecule has 6 heteroatoms. The summed E-state index contributed by atoms with van der Waals surface area (Å²) in [7, 11) is 0. The Morgan fingerprint density at radius 3 is 2.62 bits per heavy atom. The van der Waals surface area contributed by atoms with Gasteiger partial charge in [0.05, 0.1) is 22.0 Å². The van der Waals surface area contributed by atoms with Gasteiger partial charge in [-0.2, -0.15) is 5.10 Å². The fraction of sp³-hybridized carbons (Fsp3) is 0.0667. The van der Waals surface area contributed by atoms with Crippen LogP contribution in [0, 0.1) is 0 Å². The van der Waals surface area contributed by atoms with E-state index in [2.05, 4.69) is 10.5 Å². The normalized spacial score (nSPS) is 10.8. The van der Waals surface area contributed by atoms with E-state index < -0.39 is 0 Å². The summed E-state index contributed by atoms with van der Waals surface area (Å²) < 4.78 is 0. The van der Waals surface area contributed by atoms with Crippen LogP contribution in [0.3, 0.4) is 0 Å². The predicted molar refractivity (Wildman–Crippen MR) is 89.4 cm³/mol. The predicted octanol–water partition coefficient (Wildman–Crippen LogP) is 4.24. The second-order valence-electron chi connectivity index (χ2n) is 4.07. The molecule has 2 rings (SSSR count). The van der Waals surface area contributed by atoms with E-state index in [4.69, 9.17) is 23.2 Å². The summed E-state index contributed by atoms with van der Waals surface area (Å²) in [6, 6.07) is 14.8. The van der Waals surface area contributed by atoms with Crippen molar-refractivity contribution in [1.82, 2.24) is 5.43 Å². The summed E-state index contributed by atoms with van der Waals surface area (Å²) in [5.41, 5.74) is 3.23. The van der Waals surface area contributed by atoms with Crippen LogP contribution in [-0.2, 0) is 4.79 Å². The van der Waals surface area contributed by atoms with Gasteiger partial charge >= 0.3 is 0 Å². The molecule has 1 N–H and O–H groups in total. The molecule has 0 radical (unpaired) electrons. The highest BCUT2D eigenvalue weighted by molar-refractivity contribution is 8.00. The van der Waals surface area contributed by atoms with Crippen LogP contribution in [0.25, 0.3) is 0 Å². The van der Waals surface area contributed by atoms with Crippen molar-refractivity contribution in [2.75, 3.05) is 5.75 Å². The summed E-state index contributed by atoms with van der Waals surface area (Å²) in [4.78, 5) is 12.7. The Labute approximate surface area is 137 Å². The molecule has 21 heavy (non-hydrogen) atoms. The van der Waals surface area contributed by atoms with Gasteiger partial charge in [-0.3, -0.25) is 4.79 Å². The molecule has 0 fully saturated rings. The molecule has 0 atom stereocenters. The molecule has 1 amide bonds. The van der Waals surface area contributed by atoms with Gasteiger partial charge in [-0.05, 0) is 29.8 Å². The van der Waals surface area contributed by atoms with Gasteiger partial charge in [-0.15, -0.1) is 11.8 Å². The molecule has 0 aliphatic heterocycles. The number of nitrogens with zero attached hydrogens (tertiary/aromatic N) is 1. The zero-order valence-corrected chi connectivity index (χ0v) is 13.3. The topological polar surface area (TPSA) is 41.5 Å². The largest absolute Gasteiger partial charge is 0.272 e. The van der Waals surface area contributed by atoms with Crippen LogP contribution in [0.4, 0.5) is 0 Å². The zero-order valence-electron chi connectivity index (χ0n) is 10.9. The van der Waals surface area contributed by atoms with Gasteiger partial charge in [0.2, 0.25) is 5.91 Å². The van der Waals surface area contributed by atoms with Gasteiger partial charge in [-0.1, -0.05) is 47.5 Å². The second-order valence-corrected chi connectivity index (χ2v) is 5.93. The van der Waals surface area contributed by atoms with Crippen molar-refractivity contribution in [2.24, 2.45) is 5.10 Å². The first kappa shape index (κ1) is 15.9. The summed E-state index contributed by atoms with van der Waals surface area (Å²) in [5.74, 6) is 0.142. The number of thioether (sulfide) groups is 1. The Balaban J connectivity index is 1.80. The molecule has 0 unspecified atom stereocenters. The van der Waals surface area contributed by atoms with E-state index in [0.717, 1.165) is 10.5 Å². The highest BCUT2D eigenvalue weighted by atomic mass is 35.5. The molecule has 0 bridgehead atoms. The van der Waals surface area contributed by atoms with Gasteiger partial charge in [0.25, 0.3) is 0 Å². The molecular weight excluding hydrogens is 327 g/mol. The number of hydrazone groups is 1. The van der Waals surface area contributed by atoms with E-state index in [1.165, 1.54) is 18.0 Å². The van der Waals surface area contributed by atoms with E-state index in [-0.39, 0.29) is 5.91 Å². The third-order valence-corrected chi connectivity index (χ3v) is 4.21. The average Bonchev–Trinajstić information content (AvgIpc) is 2.50. The van der Waals surface area contributed by atoms with Crippen molar-refractivity contribution in [3.05, 3.63) is 64.1 Å². The summed E-state index contributed by atoms with van der Waals surface area (Å²) >= 11 is 13.2. The van der Waals surface area contributed by atoms with Crippen LogP contribution in [0.2, 0.25) is 10.0 Å². The molecule has 0 saturated heterocycles. The molecule has 0 spiro atoms. The molecule has 0 saturated carbocycles.